The van der Waals surface area contributed by atoms with Gasteiger partial charge >= 0.3 is 0 Å². The van der Waals surface area contributed by atoms with Gasteiger partial charge < -0.3 is 9.84 Å². The standard InChI is InChI=1S/C14H11N3O3S/c1-20-12-7-9(2-3-11(12)18)6-10(8-15)13(19)17-14-16-4-5-21-14/h2-7,18H,1H3,(H,16,17,19)/b10-6+. The summed E-state index contributed by atoms with van der Waals surface area (Å²) in [5, 5.41) is 23.3. The highest BCUT2D eigenvalue weighted by Gasteiger charge is 2.11. The van der Waals surface area contributed by atoms with Gasteiger partial charge in [0.1, 0.15) is 11.6 Å². The van der Waals surface area contributed by atoms with Crippen LogP contribution in [0.25, 0.3) is 6.08 Å². The topological polar surface area (TPSA) is 95.2 Å². The van der Waals surface area contributed by atoms with Crippen molar-refractivity contribution in [2.24, 2.45) is 0 Å². The minimum atomic E-state index is -0.542. The van der Waals surface area contributed by atoms with Crippen molar-refractivity contribution < 1.29 is 14.6 Å². The summed E-state index contributed by atoms with van der Waals surface area (Å²) >= 11 is 1.26. The van der Waals surface area contributed by atoms with Gasteiger partial charge in [-0.15, -0.1) is 11.3 Å². The molecule has 0 aliphatic carbocycles. The molecule has 0 atom stereocenters. The summed E-state index contributed by atoms with van der Waals surface area (Å²) in [6, 6.07) is 6.37. The molecule has 0 fully saturated rings. The van der Waals surface area contributed by atoms with Crippen molar-refractivity contribution in [2.75, 3.05) is 12.4 Å². The van der Waals surface area contributed by atoms with Crippen molar-refractivity contribution in [3.63, 3.8) is 0 Å². The van der Waals surface area contributed by atoms with Gasteiger partial charge in [-0.3, -0.25) is 10.1 Å². The lowest BCUT2D eigenvalue weighted by Crippen LogP contribution is -2.13. The number of carbonyl (C=O) groups is 1. The Labute approximate surface area is 124 Å². The second-order valence-electron chi connectivity index (χ2n) is 3.89. The Balaban J connectivity index is 2.24. The maximum atomic E-state index is 12.0. The van der Waals surface area contributed by atoms with Gasteiger partial charge in [0.25, 0.3) is 5.91 Å². The minimum absolute atomic E-state index is 0.0135. The monoisotopic (exact) mass is 301 g/mol. The molecule has 2 rings (SSSR count). The number of phenolic OH excluding ortho intramolecular Hbond substituents is 1. The Kier molecular flexibility index (Phi) is 4.53. The van der Waals surface area contributed by atoms with E-state index in [1.54, 1.807) is 17.6 Å². The molecular weight excluding hydrogens is 290 g/mol. The molecule has 0 aliphatic rings. The number of aromatic hydroxyl groups is 1. The van der Waals surface area contributed by atoms with Crippen LogP contribution in [0.5, 0.6) is 11.5 Å². The van der Waals surface area contributed by atoms with Gasteiger partial charge in [0.2, 0.25) is 0 Å². The number of ether oxygens (including phenoxy) is 1. The smallest absolute Gasteiger partial charge is 0.268 e. The highest BCUT2D eigenvalue weighted by Crippen LogP contribution is 2.27. The van der Waals surface area contributed by atoms with E-state index in [0.29, 0.717) is 10.7 Å². The van der Waals surface area contributed by atoms with E-state index >= 15 is 0 Å². The lowest BCUT2D eigenvalue weighted by atomic mass is 10.1. The molecule has 6 nitrogen and oxygen atoms in total. The summed E-state index contributed by atoms with van der Waals surface area (Å²) < 4.78 is 4.98. The number of nitrogens with one attached hydrogen (secondary N) is 1. The molecule has 0 saturated heterocycles. The molecule has 1 aromatic heterocycles. The van der Waals surface area contributed by atoms with Gasteiger partial charge in [0.05, 0.1) is 7.11 Å². The first-order valence-electron chi connectivity index (χ1n) is 5.83. The number of thiazole rings is 1. The number of methoxy groups -OCH3 is 1. The van der Waals surface area contributed by atoms with Gasteiger partial charge in [-0.25, -0.2) is 4.98 Å². The normalized spacial score (nSPS) is 10.8. The molecule has 2 aromatic rings. The van der Waals surface area contributed by atoms with Gasteiger partial charge in [0, 0.05) is 11.6 Å². The number of hydrogen-bond donors (Lipinski definition) is 2. The van der Waals surface area contributed by atoms with E-state index in [-0.39, 0.29) is 17.1 Å². The molecule has 106 valence electrons. The Morgan fingerprint density at radius 1 is 1.57 bits per heavy atom. The quantitative estimate of drug-likeness (QED) is 0.668. The first kappa shape index (κ1) is 14.6. The van der Waals surface area contributed by atoms with Crippen LogP contribution < -0.4 is 10.1 Å². The van der Waals surface area contributed by atoms with E-state index in [0.717, 1.165) is 0 Å². The minimum Gasteiger partial charge on any atom is -0.504 e. The predicted molar refractivity (Wildman–Crippen MR) is 79.0 cm³/mol. The van der Waals surface area contributed by atoms with Crippen molar-refractivity contribution in [1.82, 2.24) is 4.98 Å². The summed E-state index contributed by atoms with van der Waals surface area (Å²) in [4.78, 5) is 15.9. The number of carbonyl (C=O) groups excluding carboxylic acids is 1. The second kappa shape index (κ2) is 6.54. The molecule has 0 saturated carbocycles. The maximum absolute atomic E-state index is 12.0. The molecule has 0 radical (unpaired) electrons. The van der Waals surface area contributed by atoms with Crippen molar-refractivity contribution in [3.8, 4) is 17.6 Å². The fourth-order valence-electron chi connectivity index (χ4n) is 1.55. The van der Waals surface area contributed by atoms with Crippen molar-refractivity contribution in [3.05, 3.63) is 40.9 Å². The molecular formula is C14H11N3O3S. The number of aromatic nitrogens is 1. The van der Waals surface area contributed by atoms with Gasteiger partial charge in [0.15, 0.2) is 16.6 Å². The Bertz CT molecular complexity index is 718. The van der Waals surface area contributed by atoms with Crippen LogP contribution in [-0.4, -0.2) is 23.1 Å². The number of hydrogen-bond acceptors (Lipinski definition) is 6. The van der Waals surface area contributed by atoms with Crippen LogP contribution in [0, 0.1) is 11.3 Å². The average molecular weight is 301 g/mol. The fraction of sp³-hybridized carbons (Fsp3) is 0.0714. The molecule has 7 heteroatoms. The highest BCUT2D eigenvalue weighted by molar-refractivity contribution is 7.13. The fourth-order valence-corrected chi connectivity index (χ4v) is 2.07. The molecule has 1 aromatic carbocycles. The van der Waals surface area contributed by atoms with E-state index < -0.39 is 5.91 Å². The number of benzene rings is 1. The third-order valence-electron chi connectivity index (χ3n) is 2.53. The Morgan fingerprint density at radius 3 is 3.00 bits per heavy atom. The molecule has 2 N–H and O–H groups in total. The highest BCUT2D eigenvalue weighted by atomic mass is 32.1. The number of rotatable bonds is 4. The molecule has 0 spiro atoms. The lowest BCUT2D eigenvalue weighted by molar-refractivity contribution is -0.112. The zero-order chi connectivity index (χ0) is 15.2. The molecule has 0 aliphatic heterocycles. The Morgan fingerprint density at radius 2 is 2.38 bits per heavy atom. The summed E-state index contributed by atoms with van der Waals surface area (Å²) in [7, 11) is 1.42. The second-order valence-corrected chi connectivity index (χ2v) is 4.79. The van der Waals surface area contributed by atoms with Crippen LogP contribution in [0.2, 0.25) is 0 Å². The summed E-state index contributed by atoms with van der Waals surface area (Å²) in [5.74, 6) is -0.291. The van der Waals surface area contributed by atoms with Crippen molar-refractivity contribution in [2.45, 2.75) is 0 Å². The van der Waals surface area contributed by atoms with Crippen LogP contribution in [0.1, 0.15) is 5.56 Å². The maximum Gasteiger partial charge on any atom is 0.268 e. The zero-order valence-electron chi connectivity index (χ0n) is 11.0. The first-order chi connectivity index (χ1) is 10.1. The molecule has 0 unspecified atom stereocenters. The van der Waals surface area contributed by atoms with Crippen molar-refractivity contribution >= 4 is 28.5 Å². The van der Waals surface area contributed by atoms with Crippen molar-refractivity contribution in [1.29, 1.82) is 5.26 Å². The number of phenols is 1. The first-order valence-corrected chi connectivity index (χ1v) is 6.71. The third-order valence-corrected chi connectivity index (χ3v) is 3.22. The summed E-state index contributed by atoms with van der Waals surface area (Å²) in [6.45, 7) is 0. The number of amides is 1. The van der Waals surface area contributed by atoms with Crippen LogP contribution in [0.3, 0.4) is 0 Å². The molecule has 0 bridgehead atoms. The van der Waals surface area contributed by atoms with E-state index in [2.05, 4.69) is 10.3 Å². The SMILES string of the molecule is COc1cc(/C=C(\C#N)C(=O)Nc2nccs2)ccc1O. The average Bonchev–Trinajstić information content (AvgIpc) is 2.99. The number of nitriles is 1. The largest absolute Gasteiger partial charge is 0.504 e. The predicted octanol–water partition coefficient (Wildman–Crippen LogP) is 2.40. The lowest BCUT2D eigenvalue weighted by Gasteiger charge is -2.04. The van der Waals surface area contributed by atoms with E-state index in [4.69, 9.17) is 10.00 Å². The van der Waals surface area contributed by atoms with Crippen LogP contribution in [0.4, 0.5) is 5.13 Å². The van der Waals surface area contributed by atoms with Gasteiger partial charge in [-0.05, 0) is 23.8 Å². The molecule has 1 amide bonds. The zero-order valence-corrected chi connectivity index (χ0v) is 11.8. The molecule has 1 heterocycles. The summed E-state index contributed by atoms with van der Waals surface area (Å²) in [5.41, 5.74) is 0.494. The van der Waals surface area contributed by atoms with Gasteiger partial charge in [-0.2, -0.15) is 5.26 Å². The van der Waals surface area contributed by atoms with Crippen LogP contribution >= 0.6 is 11.3 Å². The van der Waals surface area contributed by atoms with Crippen LogP contribution in [0.15, 0.2) is 35.3 Å². The van der Waals surface area contributed by atoms with E-state index in [9.17, 15) is 9.90 Å². The third kappa shape index (κ3) is 3.58. The summed E-state index contributed by atoms with van der Waals surface area (Å²) in [6.07, 6.45) is 2.96. The number of nitrogens with zero attached hydrogens (tertiary/aromatic N) is 2. The Hall–Kier alpha value is -2.85. The molecule has 21 heavy (non-hydrogen) atoms. The van der Waals surface area contributed by atoms with E-state index in [1.165, 1.54) is 36.7 Å². The van der Waals surface area contributed by atoms with Gasteiger partial charge in [-0.1, -0.05) is 6.07 Å². The van der Waals surface area contributed by atoms with Crippen LogP contribution in [-0.2, 0) is 4.79 Å². The number of anilines is 1. The van der Waals surface area contributed by atoms with E-state index in [1.807, 2.05) is 6.07 Å².